The molecule has 4 aromatic rings. The monoisotopic (exact) mass is 435 g/mol. The molecule has 5 N–H and O–H groups in total. The van der Waals surface area contributed by atoms with Crippen molar-refractivity contribution in [2.75, 3.05) is 5.73 Å². The van der Waals surface area contributed by atoms with Gasteiger partial charge in [-0.2, -0.15) is 13.2 Å². The number of anilines is 1. The molecule has 0 aliphatic carbocycles. The number of aromatic nitrogens is 3. The summed E-state index contributed by atoms with van der Waals surface area (Å²) < 4.78 is 49.0. The van der Waals surface area contributed by atoms with Crippen molar-refractivity contribution in [1.82, 2.24) is 14.1 Å². The smallest absolute Gasteiger partial charge is 0.434 e. The van der Waals surface area contributed by atoms with Crippen LogP contribution in [0.3, 0.4) is 0 Å². The number of hydrogen-bond donors (Lipinski definition) is 3. The number of nitrogens with zero attached hydrogens (tertiary/aromatic N) is 3. The van der Waals surface area contributed by atoms with Crippen LogP contribution in [0.1, 0.15) is 27.2 Å². The molecule has 162 valence electrons. The molecule has 3 aromatic heterocycles. The third kappa shape index (κ3) is 2.67. The summed E-state index contributed by atoms with van der Waals surface area (Å²) in [6, 6.07) is 2.93. The topological polar surface area (TPSA) is 142 Å². The van der Waals surface area contributed by atoms with Crippen LogP contribution in [0.25, 0.3) is 27.8 Å². The lowest BCUT2D eigenvalue weighted by atomic mass is 10.1. The molecule has 31 heavy (non-hydrogen) atoms. The Labute approximate surface area is 171 Å². The van der Waals surface area contributed by atoms with Crippen LogP contribution in [0.2, 0.25) is 0 Å². The van der Waals surface area contributed by atoms with Gasteiger partial charge in [0, 0.05) is 18.0 Å². The standard InChI is InChI=1S/C19H16F3N5O4/c1-6-4-5-8(28)7(2)11(6)27-12-9(10(15(27)23)16(24)29)14(19(20,21)22)25-17-13(12)31-18(30)26(17)3/h4-5,28H,23H2,1-3H3,(H2,24,29). The summed E-state index contributed by atoms with van der Waals surface area (Å²) in [5.41, 5.74) is 9.47. The summed E-state index contributed by atoms with van der Waals surface area (Å²) in [4.78, 5) is 27.9. The Kier molecular flexibility index (Phi) is 4.11. The first-order valence-electron chi connectivity index (χ1n) is 8.86. The first-order chi connectivity index (χ1) is 14.4. The van der Waals surface area contributed by atoms with Crippen LogP contribution in [0, 0.1) is 13.8 Å². The van der Waals surface area contributed by atoms with Crippen molar-refractivity contribution in [1.29, 1.82) is 0 Å². The second-order valence-corrected chi connectivity index (χ2v) is 7.10. The van der Waals surface area contributed by atoms with Crippen molar-refractivity contribution >= 4 is 33.9 Å². The molecule has 0 atom stereocenters. The number of halogens is 3. The Bertz CT molecular complexity index is 1480. The lowest BCUT2D eigenvalue weighted by molar-refractivity contribution is -0.139. The summed E-state index contributed by atoms with van der Waals surface area (Å²) >= 11 is 0. The molecule has 1 amide bonds. The number of primary amides is 1. The van der Waals surface area contributed by atoms with E-state index in [-0.39, 0.29) is 28.1 Å². The number of aryl methyl sites for hydroxylation is 2. The van der Waals surface area contributed by atoms with E-state index in [4.69, 9.17) is 15.9 Å². The van der Waals surface area contributed by atoms with Crippen molar-refractivity contribution in [3.8, 4) is 11.4 Å². The highest BCUT2D eigenvalue weighted by Gasteiger charge is 2.40. The molecule has 0 spiro atoms. The number of hydrogen-bond acceptors (Lipinski definition) is 6. The first kappa shape index (κ1) is 20.3. The number of rotatable bonds is 2. The maximum absolute atomic E-state index is 14.0. The number of nitrogen functional groups attached to an aromatic ring is 1. The minimum atomic E-state index is -5.01. The molecule has 12 heteroatoms. The van der Waals surface area contributed by atoms with Gasteiger partial charge < -0.3 is 21.0 Å². The SMILES string of the molecule is Cc1ccc(O)c(C)c1-n1c(N)c(C(N)=O)c2c(C(F)(F)F)nc3c(oc(=O)n3C)c21. The molecular weight excluding hydrogens is 419 g/mol. The van der Waals surface area contributed by atoms with Gasteiger partial charge in [0.05, 0.1) is 11.3 Å². The van der Waals surface area contributed by atoms with Crippen LogP contribution >= 0.6 is 0 Å². The Morgan fingerprint density at radius 2 is 1.90 bits per heavy atom. The Balaban J connectivity index is 2.42. The number of phenols is 1. The molecule has 0 aliphatic heterocycles. The van der Waals surface area contributed by atoms with E-state index >= 15 is 0 Å². The number of nitrogens with two attached hydrogens (primary N) is 2. The zero-order valence-electron chi connectivity index (χ0n) is 16.5. The number of oxazole rings is 1. The number of carbonyl (C=O) groups is 1. The van der Waals surface area contributed by atoms with Gasteiger partial charge in [0.25, 0.3) is 5.91 Å². The molecule has 0 saturated carbocycles. The Morgan fingerprint density at radius 1 is 1.26 bits per heavy atom. The molecule has 1 aromatic carbocycles. The third-order valence-corrected chi connectivity index (χ3v) is 5.20. The van der Waals surface area contributed by atoms with E-state index in [1.54, 1.807) is 6.92 Å². The van der Waals surface area contributed by atoms with Gasteiger partial charge in [-0.3, -0.25) is 13.9 Å². The molecule has 3 heterocycles. The number of pyridine rings is 1. The molecule has 0 saturated heterocycles. The van der Waals surface area contributed by atoms with E-state index in [2.05, 4.69) is 4.98 Å². The van der Waals surface area contributed by atoms with Crippen molar-refractivity contribution in [2.24, 2.45) is 12.8 Å². The van der Waals surface area contributed by atoms with Crippen molar-refractivity contribution in [2.45, 2.75) is 20.0 Å². The fourth-order valence-electron chi connectivity index (χ4n) is 3.77. The fraction of sp³-hybridized carbons (Fsp3) is 0.211. The summed E-state index contributed by atoms with van der Waals surface area (Å²) in [6.45, 7) is 3.16. The molecule has 0 fully saturated rings. The quantitative estimate of drug-likeness (QED) is 0.442. The van der Waals surface area contributed by atoms with Crippen LogP contribution in [0.4, 0.5) is 19.0 Å². The highest BCUT2D eigenvalue weighted by molar-refractivity contribution is 6.17. The maximum atomic E-state index is 14.0. The summed E-state index contributed by atoms with van der Waals surface area (Å²) in [7, 11) is 1.20. The van der Waals surface area contributed by atoms with E-state index in [0.29, 0.717) is 5.56 Å². The molecular formula is C19H16F3N5O4. The molecule has 0 radical (unpaired) electrons. The predicted octanol–water partition coefficient (Wildman–Crippen LogP) is 2.49. The lowest BCUT2D eigenvalue weighted by Crippen LogP contribution is -2.16. The van der Waals surface area contributed by atoms with E-state index in [9.17, 15) is 27.9 Å². The van der Waals surface area contributed by atoms with E-state index in [0.717, 1.165) is 9.13 Å². The first-order valence-corrected chi connectivity index (χ1v) is 8.86. The van der Waals surface area contributed by atoms with Gasteiger partial charge in [0.15, 0.2) is 16.9 Å². The summed E-state index contributed by atoms with van der Waals surface area (Å²) in [5.74, 6) is -2.75. The normalized spacial score (nSPS) is 12.2. The Morgan fingerprint density at radius 3 is 2.48 bits per heavy atom. The minimum Gasteiger partial charge on any atom is -0.508 e. The second kappa shape index (κ2) is 6.27. The largest absolute Gasteiger partial charge is 0.508 e. The van der Waals surface area contributed by atoms with Gasteiger partial charge in [-0.15, -0.1) is 0 Å². The van der Waals surface area contributed by atoms with Crippen molar-refractivity contribution in [3.05, 3.63) is 45.1 Å². The van der Waals surface area contributed by atoms with Crippen LogP contribution < -0.4 is 17.2 Å². The second-order valence-electron chi connectivity index (χ2n) is 7.10. The average molecular weight is 435 g/mol. The number of fused-ring (bicyclic) bond motifs is 3. The molecule has 0 unspecified atom stereocenters. The van der Waals surface area contributed by atoms with Gasteiger partial charge in [-0.1, -0.05) is 6.07 Å². The fourth-order valence-corrected chi connectivity index (χ4v) is 3.77. The van der Waals surface area contributed by atoms with E-state index < -0.39 is 45.9 Å². The van der Waals surface area contributed by atoms with Crippen molar-refractivity contribution in [3.63, 3.8) is 0 Å². The zero-order chi connectivity index (χ0) is 23.0. The average Bonchev–Trinajstić information content (AvgIpc) is 3.12. The number of benzene rings is 1. The zero-order valence-corrected chi connectivity index (χ0v) is 16.5. The highest BCUT2D eigenvalue weighted by Crippen LogP contribution is 2.44. The highest BCUT2D eigenvalue weighted by atomic mass is 19.4. The van der Waals surface area contributed by atoms with Gasteiger partial charge in [-0.25, -0.2) is 9.78 Å². The summed E-state index contributed by atoms with van der Waals surface area (Å²) in [5, 5.41) is 9.50. The number of phenolic OH excluding ortho intramolecular Hbond substituents is 1. The predicted molar refractivity (Wildman–Crippen MR) is 105 cm³/mol. The van der Waals surface area contributed by atoms with Crippen LogP contribution in [-0.2, 0) is 13.2 Å². The van der Waals surface area contributed by atoms with E-state index in [1.807, 2.05) is 0 Å². The molecule has 0 bridgehead atoms. The van der Waals surface area contributed by atoms with Crippen molar-refractivity contribution < 1.29 is 27.5 Å². The van der Waals surface area contributed by atoms with E-state index in [1.165, 1.54) is 26.1 Å². The maximum Gasteiger partial charge on any atom is 0.434 e. The van der Waals surface area contributed by atoms with Crippen LogP contribution in [0.15, 0.2) is 21.3 Å². The minimum absolute atomic E-state index is 0.154. The number of amides is 1. The Hall–Kier alpha value is -3.96. The van der Waals surface area contributed by atoms with Gasteiger partial charge >= 0.3 is 11.9 Å². The van der Waals surface area contributed by atoms with Crippen LogP contribution in [-0.4, -0.2) is 25.1 Å². The van der Waals surface area contributed by atoms with Gasteiger partial charge in [0.2, 0.25) is 0 Å². The molecule has 4 rings (SSSR count). The van der Waals surface area contributed by atoms with Gasteiger partial charge in [0.1, 0.15) is 17.1 Å². The number of alkyl halides is 3. The van der Waals surface area contributed by atoms with Crippen LogP contribution in [0.5, 0.6) is 5.75 Å². The number of carbonyl (C=O) groups excluding carboxylic acids is 1. The molecule has 0 aliphatic rings. The molecule has 9 nitrogen and oxygen atoms in total. The third-order valence-electron chi connectivity index (χ3n) is 5.20. The van der Waals surface area contributed by atoms with Gasteiger partial charge in [-0.05, 0) is 25.5 Å². The number of aromatic hydroxyl groups is 1. The lowest BCUT2D eigenvalue weighted by Gasteiger charge is -2.16. The summed E-state index contributed by atoms with van der Waals surface area (Å²) in [6.07, 6.45) is -5.01.